The van der Waals surface area contributed by atoms with Crippen LogP contribution in [0.4, 0.5) is 5.69 Å². The van der Waals surface area contributed by atoms with Crippen molar-refractivity contribution >= 4 is 17.3 Å². The van der Waals surface area contributed by atoms with Crippen LogP contribution >= 0.6 is 11.6 Å². The Balaban J connectivity index is 2.14. The molecule has 1 aromatic rings. The molecule has 0 heterocycles. The topological polar surface area (TPSA) is 35.5 Å². The van der Waals surface area contributed by atoms with Gasteiger partial charge in [-0.2, -0.15) is 0 Å². The van der Waals surface area contributed by atoms with Gasteiger partial charge in [0.25, 0.3) is 0 Å². The zero-order chi connectivity index (χ0) is 14.6. The van der Waals surface area contributed by atoms with E-state index in [1.54, 1.807) is 0 Å². The van der Waals surface area contributed by atoms with Crippen molar-refractivity contribution in [2.45, 2.75) is 44.8 Å². The van der Waals surface area contributed by atoms with E-state index in [4.69, 9.17) is 11.6 Å². The van der Waals surface area contributed by atoms with Gasteiger partial charge in [0.1, 0.15) is 0 Å². The third-order valence-electron chi connectivity index (χ3n) is 4.09. The summed E-state index contributed by atoms with van der Waals surface area (Å²) in [6.07, 6.45) is 4.06. The highest BCUT2D eigenvalue weighted by atomic mass is 35.5. The van der Waals surface area contributed by atoms with Crippen molar-refractivity contribution < 1.29 is 5.11 Å². The van der Waals surface area contributed by atoms with Gasteiger partial charge in [-0.25, -0.2) is 0 Å². The van der Waals surface area contributed by atoms with Gasteiger partial charge >= 0.3 is 0 Å². The minimum absolute atomic E-state index is 0.535. The number of likely N-dealkylation sites (N-methyl/N-ethyl adjacent to an activating group) is 1. The summed E-state index contributed by atoms with van der Waals surface area (Å²) in [7, 11) is 2.04. The maximum absolute atomic E-state index is 10.6. The van der Waals surface area contributed by atoms with Crippen LogP contribution in [0.1, 0.15) is 38.2 Å². The minimum atomic E-state index is -0.535. The van der Waals surface area contributed by atoms with Gasteiger partial charge in [-0.1, -0.05) is 37.4 Å². The van der Waals surface area contributed by atoms with E-state index >= 15 is 0 Å². The normalized spacial score (nSPS) is 17.4. The van der Waals surface area contributed by atoms with Gasteiger partial charge in [-0.15, -0.1) is 0 Å². The molecule has 0 saturated heterocycles. The SMILES string of the molecule is CCNCc1ccc(Cl)cc1N(C)CC1(O)CCCC1. The summed E-state index contributed by atoms with van der Waals surface area (Å²) >= 11 is 6.14. The summed E-state index contributed by atoms with van der Waals surface area (Å²) in [6.45, 7) is 4.54. The van der Waals surface area contributed by atoms with E-state index in [0.29, 0.717) is 6.54 Å². The Morgan fingerprint density at radius 1 is 1.35 bits per heavy atom. The fourth-order valence-electron chi connectivity index (χ4n) is 3.02. The maximum Gasteiger partial charge on any atom is 0.0821 e. The van der Waals surface area contributed by atoms with Crippen LogP contribution in [-0.4, -0.2) is 30.8 Å². The second kappa shape index (κ2) is 6.79. The number of hydrogen-bond donors (Lipinski definition) is 2. The molecule has 1 saturated carbocycles. The van der Waals surface area contributed by atoms with E-state index in [-0.39, 0.29) is 0 Å². The summed E-state index contributed by atoms with van der Waals surface area (Å²) in [5.41, 5.74) is 1.80. The zero-order valence-electron chi connectivity index (χ0n) is 12.5. The van der Waals surface area contributed by atoms with E-state index < -0.39 is 5.60 Å². The number of aliphatic hydroxyl groups is 1. The second-order valence-corrected chi connectivity index (χ2v) is 6.28. The van der Waals surface area contributed by atoms with Crippen molar-refractivity contribution in [3.63, 3.8) is 0 Å². The number of nitrogens with zero attached hydrogens (tertiary/aromatic N) is 1. The first-order valence-corrected chi connectivity index (χ1v) is 7.84. The number of anilines is 1. The molecule has 3 nitrogen and oxygen atoms in total. The van der Waals surface area contributed by atoms with Crippen LogP contribution in [0.3, 0.4) is 0 Å². The van der Waals surface area contributed by atoms with E-state index in [0.717, 1.165) is 49.5 Å². The number of benzene rings is 1. The van der Waals surface area contributed by atoms with Gasteiger partial charge in [-0.3, -0.25) is 0 Å². The maximum atomic E-state index is 10.6. The molecule has 0 aromatic heterocycles. The molecule has 0 bridgehead atoms. The second-order valence-electron chi connectivity index (χ2n) is 5.84. The zero-order valence-corrected chi connectivity index (χ0v) is 13.2. The average Bonchev–Trinajstić information content (AvgIpc) is 2.83. The predicted molar refractivity (Wildman–Crippen MR) is 85.5 cm³/mol. The molecule has 0 aliphatic heterocycles. The Kier molecular flexibility index (Phi) is 5.30. The summed E-state index contributed by atoms with van der Waals surface area (Å²) in [6, 6.07) is 5.98. The molecular formula is C16H25ClN2O. The molecule has 4 heteroatoms. The molecule has 0 amide bonds. The molecule has 1 aliphatic rings. The van der Waals surface area contributed by atoms with Crippen molar-refractivity contribution in [3.8, 4) is 0 Å². The molecule has 0 unspecified atom stereocenters. The van der Waals surface area contributed by atoms with Gasteiger partial charge < -0.3 is 15.3 Å². The number of halogens is 1. The van der Waals surface area contributed by atoms with Gasteiger partial charge in [-0.05, 0) is 37.1 Å². The molecule has 0 spiro atoms. The quantitative estimate of drug-likeness (QED) is 0.846. The van der Waals surface area contributed by atoms with Crippen LogP contribution in [0.15, 0.2) is 18.2 Å². The molecule has 0 radical (unpaired) electrons. The molecule has 2 N–H and O–H groups in total. The summed E-state index contributed by atoms with van der Waals surface area (Å²) in [5, 5.41) is 14.7. The number of nitrogens with one attached hydrogen (secondary N) is 1. The van der Waals surface area contributed by atoms with Crippen LogP contribution in [-0.2, 0) is 6.54 Å². The molecule has 0 atom stereocenters. The lowest BCUT2D eigenvalue weighted by Gasteiger charge is -2.31. The molecular weight excluding hydrogens is 272 g/mol. The lowest BCUT2D eigenvalue weighted by atomic mass is 10.0. The number of hydrogen-bond acceptors (Lipinski definition) is 3. The van der Waals surface area contributed by atoms with Crippen LogP contribution in [0, 0.1) is 0 Å². The fraction of sp³-hybridized carbons (Fsp3) is 0.625. The van der Waals surface area contributed by atoms with Gasteiger partial charge in [0.05, 0.1) is 5.60 Å². The van der Waals surface area contributed by atoms with Crippen molar-refractivity contribution in [1.82, 2.24) is 5.32 Å². The minimum Gasteiger partial charge on any atom is -0.388 e. The summed E-state index contributed by atoms with van der Waals surface area (Å²) in [4.78, 5) is 2.14. The highest BCUT2D eigenvalue weighted by Gasteiger charge is 2.32. The smallest absolute Gasteiger partial charge is 0.0821 e. The van der Waals surface area contributed by atoms with Crippen molar-refractivity contribution in [2.24, 2.45) is 0 Å². The Morgan fingerprint density at radius 3 is 2.70 bits per heavy atom. The van der Waals surface area contributed by atoms with Gasteiger partial charge in [0.2, 0.25) is 0 Å². The summed E-state index contributed by atoms with van der Waals surface area (Å²) in [5.74, 6) is 0. The highest BCUT2D eigenvalue weighted by molar-refractivity contribution is 6.30. The largest absolute Gasteiger partial charge is 0.388 e. The first-order chi connectivity index (χ1) is 9.54. The standard InChI is InChI=1S/C16H25ClN2O/c1-3-18-11-13-6-7-14(17)10-15(13)19(2)12-16(20)8-4-5-9-16/h6-7,10,18,20H,3-5,8-9,11-12H2,1-2H3. The van der Waals surface area contributed by atoms with Crippen LogP contribution < -0.4 is 10.2 Å². The third kappa shape index (κ3) is 3.87. The Morgan fingerprint density at radius 2 is 2.05 bits per heavy atom. The summed E-state index contributed by atoms with van der Waals surface area (Å²) < 4.78 is 0. The van der Waals surface area contributed by atoms with Crippen LogP contribution in [0.25, 0.3) is 0 Å². The number of rotatable bonds is 6. The first kappa shape index (κ1) is 15.6. The van der Waals surface area contributed by atoms with Crippen molar-refractivity contribution in [1.29, 1.82) is 0 Å². The monoisotopic (exact) mass is 296 g/mol. The van der Waals surface area contributed by atoms with E-state index in [9.17, 15) is 5.11 Å². The third-order valence-corrected chi connectivity index (χ3v) is 4.32. The molecule has 1 fully saturated rings. The van der Waals surface area contributed by atoms with Crippen molar-refractivity contribution in [3.05, 3.63) is 28.8 Å². The lowest BCUT2D eigenvalue weighted by molar-refractivity contribution is 0.0559. The molecule has 1 aromatic carbocycles. The highest BCUT2D eigenvalue weighted by Crippen LogP contribution is 2.32. The average molecular weight is 297 g/mol. The Labute approximate surface area is 126 Å². The van der Waals surface area contributed by atoms with Crippen LogP contribution in [0.5, 0.6) is 0 Å². The Bertz CT molecular complexity index is 444. The van der Waals surface area contributed by atoms with Crippen molar-refractivity contribution in [2.75, 3.05) is 25.0 Å². The molecule has 20 heavy (non-hydrogen) atoms. The molecule has 1 aliphatic carbocycles. The first-order valence-electron chi connectivity index (χ1n) is 7.47. The van der Waals surface area contributed by atoms with Crippen LogP contribution in [0.2, 0.25) is 5.02 Å². The Hall–Kier alpha value is -0.770. The lowest BCUT2D eigenvalue weighted by Crippen LogP contribution is -2.39. The molecule has 112 valence electrons. The predicted octanol–water partition coefficient (Wildman–Crippen LogP) is 3.19. The van der Waals surface area contributed by atoms with Gasteiger partial charge in [0.15, 0.2) is 0 Å². The molecule has 2 rings (SSSR count). The van der Waals surface area contributed by atoms with E-state index in [1.165, 1.54) is 5.56 Å². The fourth-order valence-corrected chi connectivity index (χ4v) is 3.19. The van der Waals surface area contributed by atoms with E-state index in [2.05, 4.69) is 23.2 Å². The van der Waals surface area contributed by atoms with E-state index in [1.807, 2.05) is 19.2 Å². The van der Waals surface area contributed by atoms with Gasteiger partial charge in [0, 0.05) is 30.8 Å².